The predicted octanol–water partition coefficient (Wildman–Crippen LogP) is 6.96. The highest BCUT2D eigenvalue weighted by molar-refractivity contribution is 8.93. The number of nitrogens with zero attached hydrogens (tertiary/aromatic N) is 2. The third kappa shape index (κ3) is 10.8. The maximum Gasteiger partial charge on any atom is 0.317 e. The Morgan fingerprint density at radius 2 is 1.32 bits per heavy atom. The van der Waals surface area contributed by atoms with Crippen molar-refractivity contribution in [2.75, 3.05) is 12.4 Å². The molecule has 0 atom stereocenters. The first-order valence-corrected chi connectivity index (χ1v) is 12.1. The van der Waals surface area contributed by atoms with Crippen LogP contribution in [0, 0.1) is 5.41 Å². The molecular weight excluding hydrogens is 508 g/mol. The van der Waals surface area contributed by atoms with Gasteiger partial charge in [-0.3, -0.25) is 5.41 Å². The smallest absolute Gasteiger partial charge is 0.317 e. The zero-order valence-electron chi connectivity index (χ0n) is 19.1. The lowest BCUT2D eigenvalue weighted by Crippen LogP contribution is -2.05. The van der Waals surface area contributed by atoms with Crippen LogP contribution in [0.25, 0.3) is 24.3 Å². The van der Waals surface area contributed by atoms with Gasteiger partial charge in [0.1, 0.15) is 0 Å². The Hall–Kier alpha value is -2.90. The van der Waals surface area contributed by atoms with Gasteiger partial charge in [0, 0.05) is 5.75 Å². The van der Waals surface area contributed by atoms with Crippen molar-refractivity contribution in [3.05, 3.63) is 89.2 Å². The highest BCUT2D eigenvalue weighted by Gasteiger charge is 2.03. The van der Waals surface area contributed by atoms with Crippen LogP contribution in [0.5, 0.6) is 6.01 Å². The van der Waals surface area contributed by atoms with Gasteiger partial charge in [0.05, 0.1) is 18.0 Å². The number of thioether (sulfide) groups is 1. The number of aromatic nitrogens is 2. The van der Waals surface area contributed by atoms with Gasteiger partial charge >= 0.3 is 6.01 Å². The molecule has 0 bridgehead atoms. The maximum absolute atomic E-state index is 7.23. The van der Waals surface area contributed by atoms with Gasteiger partial charge in [-0.1, -0.05) is 97.4 Å². The molecule has 34 heavy (non-hydrogen) atoms. The molecule has 3 N–H and O–H groups in total. The second-order valence-electron chi connectivity index (χ2n) is 7.46. The minimum Gasteiger partial charge on any atom is -0.463 e. The summed E-state index contributed by atoms with van der Waals surface area (Å²) in [5.41, 5.74) is 9.19. The van der Waals surface area contributed by atoms with E-state index in [0.29, 0.717) is 12.6 Å². The monoisotopic (exact) mass is 538 g/mol. The lowest BCUT2D eigenvalue weighted by molar-refractivity contribution is 0.281. The molecule has 0 radical (unpaired) electrons. The van der Waals surface area contributed by atoms with E-state index in [1.807, 2.05) is 66.8 Å². The standard InChI is InChI=1S/C27H30N4OS.BrH/c28-26(29)33-20-10-2-1-9-19-32-27-30-24(17-15-22-11-5-3-6-12-22)21-25(31-27)18-16-23-13-7-4-8-14-23;/h3-8,11-18,21H,1-2,9-10,19-20H2,(H3,28,29);1H/b17-15+,18-16+;. The third-order valence-electron chi connectivity index (χ3n) is 4.76. The van der Waals surface area contributed by atoms with Gasteiger partial charge in [-0.15, -0.1) is 17.0 Å². The van der Waals surface area contributed by atoms with Gasteiger partial charge in [-0.05, 0) is 42.2 Å². The van der Waals surface area contributed by atoms with Gasteiger partial charge in [0.2, 0.25) is 0 Å². The van der Waals surface area contributed by atoms with E-state index >= 15 is 0 Å². The Balaban J connectivity index is 0.00000408. The summed E-state index contributed by atoms with van der Waals surface area (Å²) in [5.74, 6) is 0.895. The second kappa shape index (κ2) is 15.9. The van der Waals surface area contributed by atoms with Crippen LogP contribution >= 0.6 is 28.7 Å². The van der Waals surface area contributed by atoms with Gasteiger partial charge in [0.25, 0.3) is 0 Å². The first-order valence-electron chi connectivity index (χ1n) is 11.1. The molecule has 2 aromatic carbocycles. The molecule has 0 saturated carbocycles. The Kier molecular flexibility index (Phi) is 12.7. The van der Waals surface area contributed by atoms with Crippen LogP contribution in [0.1, 0.15) is 48.2 Å². The lowest BCUT2D eigenvalue weighted by atomic mass is 10.2. The molecule has 0 saturated heterocycles. The quantitative estimate of drug-likeness (QED) is 0.148. The number of amidine groups is 1. The van der Waals surface area contributed by atoms with E-state index in [1.54, 1.807) is 0 Å². The van der Waals surface area contributed by atoms with E-state index in [9.17, 15) is 0 Å². The van der Waals surface area contributed by atoms with Gasteiger partial charge in [-0.25, -0.2) is 0 Å². The van der Waals surface area contributed by atoms with Crippen LogP contribution in [-0.4, -0.2) is 27.5 Å². The first-order chi connectivity index (χ1) is 16.2. The third-order valence-corrected chi connectivity index (χ3v) is 5.57. The largest absolute Gasteiger partial charge is 0.463 e. The second-order valence-corrected chi connectivity index (χ2v) is 8.60. The predicted molar refractivity (Wildman–Crippen MR) is 151 cm³/mol. The number of hydrogen-bond acceptors (Lipinski definition) is 5. The number of hydrogen-bond donors (Lipinski definition) is 2. The zero-order valence-corrected chi connectivity index (χ0v) is 21.6. The summed E-state index contributed by atoms with van der Waals surface area (Å²) in [5, 5.41) is 7.41. The van der Waals surface area contributed by atoms with Crippen LogP contribution in [-0.2, 0) is 0 Å². The molecule has 0 aliphatic rings. The van der Waals surface area contributed by atoms with E-state index in [0.717, 1.165) is 54.0 Å². The Morgan fingerprint density at radius 1 is 0.794 bits per heavy atom. The van der Waals surface area contributed by atoms with E-state index in [4.69, 9.17) is 15.9 Å². The highest BCUT2D eigenvalue weighted by atomic mass is 79.9. The molecule has 0 spiro atoms. The van der Waals surface area contributed by atoms with Crippen LogP contribution in [0.2, 0.25) is 0 Å². The molecule has 7 heteroatoms. The lowest BCUT2D eigenvalue weighted by Gasteiger charge is -2.07. The number of unbranched alkanes of at least 4 members (excludes halogenated alkanes) is 3. The fourth-order valence-electron chi connectivity index (χ4n) is 3.09. The summed E-state index contributed by atoms with van der Waals surface area (Å²) in [6.45, 7) is 0.577. The minimum atomic E-state index is 0. The topological polar surface area (TPSA) is 84.9 Å². The van der Waals surface area contributed by atoms with Gasteiger partial charge < -0.3 is 10.5 Å². The average Bonchev–Trinajstić information content (AvgIpc) is 2.84. The Bertz CT molecular complexity index is 991. The SMILES string of the molecule is Br.N=C(N)SCCCCCCOc1nc(/C=C/c2ccccc2)cc(/C=C/c2ccccc2)n1. The molecule has 3 rings (SSSR count). The molecule has 0 unspecified atom stereocenters. The van der Waals surface area contributed by atoms with Crippen molar-refractivity contribution in [2.24, 2.45) is 5.73 Å². The van der Waals surface area contributed by atoms with Crippen LogP contribution < -0.4 is 10.5 Å². The summed E-state index contributed by atoms with van der Waals surface area (Å²) in [6, 6.07) is 22.6. The number of ether oxygens (including phenoxy) is 1. The molecule has 0 aliphatic heterocycles. The van der Waals surface area contributed by atoms with E-state index in [2.05, 4.69) is 34.2 Å². The number of nitrogens with two attached hydrogens (primary N) is 1. The number of benzene rings is 2. The van der Waals surface area contributed by atoms with Gasteiger partial charge in [0.15, 0.2) is 5.17 Å². The number of halogens is 1. The molecule has 1 heterocycles. The molecule has 1 aromatic heterocycles. The van der Waals surface area contributed by atoms with Crippen LogP contribution in [0.15, 0.2) is 66.7 Å². The van der Waals surface area contributed by atoms with Crippen molar-refractivity contribution >= 4 is 58.2 Å². The molecular formula is C27H31BrN4OS. The molecule has 3 aromatic rings. The van der Waals surface area contributed by atoms with E-state index in [1.165, 1.54) is 11.8 Å². The van der Waals surface area contributed by atoms with Crippen molar-refractivity contribution in [3.63, 3.8) is 0 Å². The van der Waals surface area contributed by atoms with Crippen molar-refractivity contribution in [2.45, 2.75) is 25.7 Å². The highest BCUT2D eigenvalue weighted by Crippen LogP contribution is 2.15. The van der Waals surface area contributed by atoms with Crippen LogP contribution in [0.3, 0.4) is 0 Å². The molecule has 0 amide bonds. The molecule has 178 valence electrons. The average molecular weight is 540 g/mol. The zero-order chi connectivity index (χ0) is 23.1. The van der Waals surface area contributed by atoms with E-state index < -0.39 is 0 Å². The fourth-order valence-corrected chi connectivity index (χ4v) is 3.66. The van der Waals surface area contributed by atoms with Crippen molar-refractivity contribution in [1.29, 1.82) is 5.41 Å². The Labute approximate surface area is 216 Å². The van der Waals surface area contributed by atoms with Crippen molar-refractivity contribution in [1.82, 2.24) is 9.97 Å². The normalized spacial score (nSPS) is 10.9. The summed E-state index contributed by atoms with van der Waals surface area (Å²) in [6.07, 6.45) is 12.2. The Morgan fingerprint density at radius 3 is 1.85 bits per heavy atom. The minimum absolute atomic E-state index is 0. The molecule has 0 aliphatic carbocycles. The van der Waals surface area contributed by atoms with Crippen molar-refractivity contribution < 1.29 is 4.74 Å². The number of rotatable bonds is 12. The van der Waals surface area contributed by atoms with E-state index in [-0.39, 0.29) is 22.1 Å². The fraction of sp³-hybridized carbons (Fsp3) is 0.222. The summed E-state index contributed by atoms with van der Waals surface area (Å²) in [7, 11) is 0. The maximum atomic E-state index is 7.23. The molecule has 0 fully saturated rings. The van der Waals surface area contributed by atoms with Crippen LogP contribution in [0.4, 0.5) is 0 Å². The first kappa shape index (κ1) is 27.3. The number of nitrogens with one attached hydrogen (secondary N) is 1. The summed E-state index contributed by atoms with van der Waals surface area (Å²) >= 11 is 1.40. The molecule has 5 nitrogen and oxygen atoms in total. The van der Waals surface area contributed by atoms with Crippen molar-refractivity contribution in [3.8, 4) is 6.01 Å². The summed E-state index contributed by atoms with van der Waals surface area (Å²) < 4.78 is 5.89. The van der Waals surface area contributed by atoms with Gasteiger partial charge in [-0.2, -0.15) is 9.97 Å². The summed E-state index contributed by atoms with van der Waals surface area (Å²) in [4.78, 5) is 9.15.